The van der Waals surface area contributed by atoms with Crippen molar-refractivity contribution in [2.75, 3.05) is 0 Å². The molecule has 0 aliphatic carbocycles. The highest BCUT2D eigenvalue weighted by Crippen LogP contribution is 2.28. The van der Waals surface area contributed by atoms with E-state index in [0.717, 1.165) is 22.3 Å². The van der Waals surface area contributed by atoms with Crippen LogP contribution in [0.1, 0.15) is 54.1 Å². The van der Waals surface area contributed by atoms with Crippen LogP contribution in [-0.2, 0) is 0 Å². The second-order valence-corrected chi connectivity index (χ2v) is 5.68. The van der Waals surface area contributed by atoms with Gasteiger partial charge in [-0.2, -0.15) is 0 Å². The summed E-state index contributed by atoms with van der Waals surface area (Å²) in [4.78, 5) is 24.3. The minimum atomic E-state index is -1.08. The minimum absolute atomic E-state index is 0.0437. The molecule has 0 bridgehead atoms. The molecule has 0 atom stereocenters. The Kier molecular flexibility index (Phi) is 4.18. The first-order chi connectivity index (χ1) is 10.3. The maximum Gasteiger partial charge on any atom is 0.336 e. The van der Waals surface area contributed by atoms with E-state index in [1.54, 1.807) is 18.2 Å². The van der Waals surface area contributed by atoms with E-state index >= 15 is 0 Å². The molecule has 114 valence electrons. The monoisotopic (exact) mass is 296 g/mol. The molecular formula is C19H20O3. The van der Waals surface area contributed by atoms with Crippen LogP contribution in [0.3, 0.4) is 0 Å². The van der Waals surface area contributed by atoms with Crippen LogP contribution in [0.25, 0.3) is 0 Å². The largest absolute Gasteiger partial charge is 0.478 e. The quantitative estimate of drug-likeness (QED) is 0.865. The molecule has 2 rings (SSSR count). The number of hydrogen-bond donors (Lipinski definition) is 1. The van der Waals surface area contributed by atoms with Gasteiger partial charge in [-0.15, -0.1) is 0 Å². The van der Waals surface area contributed by atoms with Crippen LogP contribution in [0, 0.1) is 34.6 Å². The molecule has 0 saturated heterocycles. The van der Waals surface area contributed by atoms with Gasteiger partial charge in [0.25, 0.3) is 0 Å². The fourth-order valence-corrected chi connectivity index (χ4v) is 2.84. The van der Waals surface area contributed by atoms with E-state index in [-0.39, 0.29) is 16.9 Å². The molecule has 1 N–H and O–H groups in total. The minimum Gasteiger partial charge on any atom is -0.478 e. The number of rotatable bonds is 3. The lowest BCUT2D eigenvalue weighted by atomic mass is 9.85. The molecule has 0 aliphatic heterocycles. The van der Waals surface area contributed by atoms with Crippen molar-refractivity contribution in [3.8, 4) is 0 Å². The van der Waals surface area contributed by atoms with Crippen molar-refractivity contribution in [3.63, 3.8) is 0 Å². The topological polar surface area (TPSA) is 54.4 Å². The lowest BCUT2D eigenvalue weighted by Gasteiger charge is -2.18. The molecule has 0 amide bonds. The Morgan fingerprint density at radius 2 is 1.14 bits per heavy atom. The summed E-state index contributed by atoms with van der Waals surface area (Å²) in [7, 11) is 0. The summed E-state index contributed by atoms with van der Waals surface area (Å²) >= 11 is 0. The fraction of sp³-hybridized carbons (Fsp3) is 0.263. The first-order valence-corrected chi connectivity index (χ1v) is 7.21. The third-order valence-electron chi connectivity index (χ3n) is 4.63. The molecular weight excluding hydrogens is 276 g/mol. The zero-order chi connectivity index (χ0) is 16.6. The van der Waals surface area contributed by atoms with Crippen molar-refractivity contribution in [3.05, 3.63) is 68.8 Å². The molecule has 0 fully saturated rings. The Labute approximate surface area is 130 Å². The molecule has 3 nitrogen and oxygen atoms in total. The van der Waals surface area contributed by atoms with E-state index < -0.39 is 5.97 Å². The number of carbonyl (C=O) groups is 2. The summed E-state index contributed by atoms with van der Waals surface area (Å²) in [5.74, 6) is -1.31. The third kappa shape index (κ3) is 2.43. The highest BCUT2D eigenvalue weighted by Gasteiger charge is 2.23. The maximum absolute atomic E-state index is 13.0. The van der Waals surface area contributed by atoms with Crippen molar-refractivity contribution in [2.45, 2.75) is 34.6 Å². The molecule has 2 aromatic carbocycles. The van der Waals surface area contributed by atoms with Crippen LogP contribution in [0.5, 0.6) is 0 Å². The van der Waals surface area contributed by atoms with Gasteiger partial charge in [0.2, 0.25) is 0 Å². The molecule has 0 spiro atoms. The van der Waals surface area contributed by atoms with Gasteiger partial charge in [0.05, 0.1) is 5.56 Å². The van der Waals surface area contributed by atoms with Crippen molar-refractivity contribution < 1.29 is 14.7 Å². The van der Waals surface area contributed by atoms with Crippen LogP contribution >= 0.6 is 0 Å². The van der Waals surface area contributed by atoms with Gasteiger partial charge in [0, 0.05) is 11.1 Å². The number of carboxylic acids is 1. The number of hydrogen-bond acceptors (Lipinski definition) is 2. The Morgan fingerprint density at radius 3 is 1.59 bits per heavy atom. The highest BCUT2D eigenvalue weighted by molar-refractivity contribution is 6.15. The van der Waals surface area contributed by atoms with E-state index in [9.17, 15) is 14.7 Å². The summed E-state index contributed by atoms with van der Waals surface area (Å²) in [6.45, 7) is 9.88. The molecule has 0 saturated carbocycles. The molecule has 0 aliphatic rings. The van der Waals surface area contributed by atoms with Gasteiger partial charge in [0.1, 0.15) is 0 Å². The number of aromatic carboxylic acids is 1. The normalized spacial score (nSPS) is 10.6. The van der Waals surface area contributed by atoms with Crippen molar-refractivity contribution in [1.82, 2.24) is 0 Å². The lowest BCUT2D eigenvalue weighted by Crippen LogP contribution is -2.14. The van der Waals surface area contributed by atoms with E-state index in [4.69, 9.17) is 0 Å². The molecule has 0 radical (unpaired) electrons. The second kappa shape index (κ2) is 5.76. The second-order valence-electron chi connectivity index (χ2n) is 5.68. The van der Waals surface area contributed by atoms with Crippen molar-refractivity contribution in [2.24, 2.45) is 0 Å². The average Bonchev–Trinajstić information content (AvgIpc) is 2.51. The Bertz CT molecular complexity index is 757. The van der Waals surface area contributed by atoms with Gasteiger partial charge < -0.3 is 5.11 Å². The first kappa shape index (κ1) is 16.0. The predicted octanol–water partition coefficient (Wildman–Crippen LogP) is 4.16. The molecule has 0 heterocycles. The lowest BCUT2D eigenvalue weighted by molar-refractivity contribution is 0.0692. The van der Waals surface area contributed by atoms with E-state index in [1.165, 1.54) is 11.6 Å². The third-order valence-corrected chi connectivity index (χ3v) is 4.63. The van der Waals surface area contributed by atoms with Gasteiger partial charge >= 0.3 is 5.97 Å². The van der Waals surface area contributed by atoms with Crippen molar-refractivity contribution in [1.29, 1.82) is 0 Å². The maximum atomic E-state index is 13.0. The molecule has 22 heavy (non-hydrogen) atoms. The zero-order valence-corrected chi connectivity index (χ0v) is 13.6. The zero-order valence-electron chi connectivity index (χ0n) is 13.6. The van der Waals surface area contributed by atoms with Crippen LogP contribution < -0.4 is 0 Å². The van der Waals surface area contributed by atoms with E-state index in [2.05, 4.69) is 0 Å². The van der Waals surface area contributed by atoms with Crippen LogP contribution in [-0.4, -0.2) is 16.9 Å². The first-order valence-electron chi connectivity index (χ1n) is 7.21. The van der Waals surface area contributed by atoms with Gasteiger partial charge in [-0.25, -0.2) is 4.79 Å². The summed E-state index contributed by atoms with van der Waals surface area (Å²) in [5.41, 5.74) is 6.09. The Morgan fingerprint density at radius 1 is 0.727 bits per heavy atom. The number of benzene rings is 2. The van der Waals surface area contributed by atoms with Crippen LogP contribution in [0.4, 0.5) is 0 Å². The van der Waals surface area contributed by atoms with Gasteiger partial charge in [-0.3, -0.25) is 4.79 Å². The number of ketones is 1. The van der Waals surface area contributed by atoms with Crippen LogP contribution in [0.15, 0.2) is 24.3 Å². The molecule has 0 aromatic heterocycles. The standard InChI is InChI=1S/C19H20O3/c1-10-11(2)13(4)17(14(5)12(10)3)18(20)15-8-6-7-9-16(15)19(21)22/h6-9H,1-5H3,(H,21,22). The molecule has 2 aromatic rings. The highest BCUT2D eigenvalue weighted by atomic mass is 16.4. The van der Waals surface area contributed by atoms with Gasteiger partial charge in [-0.05, 0) is 68.5 Å². The Balaban J connectivity index is 2.74. The molecule has 3 heteroatoms. The van der Waals surface area contributed by atoms with Crippen LogP contribution in [0.2, 0.25) is 0 Å². The summed E-state index contributed by atoms with van der Waals surface area (Å²) in [6, 6.07) is 6.37. The van der Waals surface area contributed by atoms with Gasteiger partial charge in [0.15, 0.2) is 5.78 Å². The smallest absolute Gasteiger partial charge is 0.336 e. The number of carbonyl (C=O) groups excluding carboxylic acids is 1. The van der Waals surface area contributed by atoms with Crippen molar-refractivity contribution >= 4 is 11.8 Å². The molecule has 0 unspecified atom stereocenters. The van der Waals surface area contributed by atoms with Gasteiger partial charge in [-0.1, -0.05) is 18.2 Å². The average molecular weight is 296 g/mol. The summed E-state index contributed by atoms with van der Waals surface area (Å²) < 4.78 is 0. The summed E-state index contributed by atoms with van der Waals surface area (Å²) in [6.07, 6.45) is 0. The summed E-state index contributed by atoms with van der Waals surface area (Å²) in [5, 5.41) is 9.30. The van der Waals surface area contributed by atoms with E-state index in [1.807, 2.05) is 34.6 Å². The number of carboxylic acid groups (broad SMARTS) is 1. The fourth-order valence-electron chi connectivity index (χ4n) is 2.84. The SMILES string of the molecule is Cc1c(C)c(C)c(C(=O)c2ccccc2C(=O)O)c(C)c1C. The Hall–Kier alpha value is -2.42. The van der Waals surface area contributed by atoms with E-state index in [0.29, 0.717) is 5.56 Å². The predicted molar refractivity (Wildman–Crippen MR) is 87.0 cm³/mol.